The van der Waals surface area contributed by atoms with Gasteiger partial charge in [0.1, 0.15) is 17.3 Å². The largest absolute Gasteiger partial charge is 0.573 e. The van der Waals surface area contributed by atoms with Crippen LogP contribution in [-0.2, 0) is 10.8 Å². The smallest absolute Gasteiger partial charge is 0.506 e. The summed E-state index contributed by atoms with van der Waals surface area (Å²) in [5.41, 5.74) is 0.848. The number of amides is 2. The zero-order chi connectivity index (χ0) is 31.3. The van der Waals surface area contributed by atoms with Crippen molar-refractivity contribution in [3.63, 3.8) is 0 Å². The molecule has 0 bridgehead atoms. The molecule has 0 saturated carbocycles. The lowest BCUT2D eigenvalue weighted by Gasteiger charge is -2.25. The van der Waals surface area contributed by atoms with Crippen molar-refractivity contribution in [2.24, 2.45) is 0 Å². The summed E-state index contributed by atoms with van der Waals surface area (Å²) in [7, 11) is 0. The molecule has 13 heteroatoms. The molecule has 9 nitrogen and oxygen atoms in total. The molecule has 5 rings (SSSR count). The Labute approximate surface area is 244 Å². The van der Waals surface area contributed by atoms with Gasteiger partial charge in [0.15, 0.2) is 0 Å². The number of halogens is 4. The molecule has 0 fully saturated rings. The molecule has 43 heavy (non-hydrogen) atoms. The molecule has 226 valence electrons. The van der Waals surface area contributed by atoms with Crippen molar-refractivity contribution in [3.8, 4) is 22.9 Å². The van der Waals surface area contributed by atoms with E-state index in [9.17, 15) is 23.1 Å². The van der Waals surface area contributed by atoms with Gasteiger partial charge in [-0.05, 0) is 36.4 Å². The van der Waals surface area contributed by atoms with Crippen molar-refractivity contribution in [3.05, 3.63) is 71.9 Å². The highest BCUT2D eigenvalue weighted by atomic mass is 19.4. The molecule has 3 N–H and O–H groups in total. The summed E-state index contributed by atoms with van der Waals surface area (Å²) in [6.45, 7) is 9.78. The van der Waals surface area contributed by atoms with Crippen LogP contribution in [0.2, 0.25) is 0 Å². The van der Waals surface area contributed by atoms with Crippen molar-refractivity contribution in [1.82, 2.24) is 10.1 Å². The van der Waals surface area contributed by atoms with Crippen molar-refractivity contribution in [1.29, 1.82) is 0 Å². The highest BCUT2D eigenvalue weighted by Crippen LogP contribution is 2.54. The number of phenols is 1. The number of nitrogens with zero attached hydrogens (tertiary/aromatic N) is 3. The maximum Gasteiger partial charge on any atom is 0.573 e. The number of anilines is 4. The standard InChI is InChI=1S/C30H29F4N5O4/c1-28(2,3)26-37-25(38-43-26)22-18(31)14-21(40)24-23(22)29(4,5)15-39(24)20-9-7-6-8-19(20)36-27(41)35-16-10-12-17(13-11-16)42-30(32,33)34/h6-14,40H,15H2,1-5H3,(H2,35,36,41). The fourth-order valence-corrected chi connectivity index (χ4v) is 5.01. The molecule has 1 aliphatic rings. The molecule has 1 aliphatic heterocycles. The zero-order valence-corrected chi connectivity index (χ0v) is 23.9. The number of hydrogen-bond donors (Lipinski definition) is 3. The van der Waals surface area contributed by atoms with Gasteiger partial charge in [-0.1, -0.05) is 51.9 Å². The van der Waals surface area contributed by atoms with Crippen LogP contribution >= 0.6 is 0 Å². The van der Waals surface area contributed by atoms with Crippen LogP contribution in [0.15, 0.2) is 59.1 Å². The molecule has 0 saturated heterocycles. The highest BCUT2D eigenvalue weighted by molar-refractivity contribution is 6.03. The number of benzene rings is 3. The van der Waals surface area contributed by atoms with Gasteiger partial charge in [-0.2, -0.15) is 4.98 Å². The maximum atomic E-state index is 15.5. The van der Waals surface area contributed by atoms with Gasteiger partial charge in [0.25, 0.3) is 0 Å². The molecule has 0 unspecified atom stereocenters. The molecule has 1 aromatic heterocycles. The third kappa shape index (κ3) is 6.06. The SMILES string of the molecule is CC(C)(C)c1nc(-c2c(F)cc(O)c3c2C(C)(C)CN3c2ccccc2NC(=O)Nc2ccc(OC(F)(F)F)cc2)no1. The molecule has 0 spiro atoms. The summed E-state index contributed by atoms with van der Waals surface area (Å²) in [4.78, 5) is 19.1. The number of carbonyl (C=O) groups excluding carboxylic acids is 1. The first-order valence-electron chi connectivity index (χ1n) is 13.2. The van der Waals surface area contributed by atoms with E-state index >= 15 is 4.39 Å². The van der Waals surface area contributed by atoms with Crippen LogP contribution in [0, 0.1) is 5.82 Å². The number of aromatic hydroxyl groups is 1. The van der Waals surface area contributed by atoms with Gasteiger partial charge >= 0.3 is 12.4 Å². The Bertz CT molecular complexity index is 1680. The van der Waals surface area contributed by atoms with E-state index in [-0.39, 0.29) is 22.8 Å². The number of aromatic nitrogens is 2. The number of carbonyl (C=O) groups is 1. The first-order chi connectivity index (χ1) is 20.0. The average Bonchev–Trinajstić information content (AvgIpc) is 3.48. The summed E-state index contributed by atoms with van der Waals surface area (Å²) in [5, 5.41) is 20.4. The Hall–Kier alpha value is -4.81. The van der Waals surface area contributed by atoms with Crippen LogP contribution in [-0.4, -0.2) is 34.2 Å². The maximum absolute atomic E-state index is 15.5. The number of urea groups is 1. The fourth-order valence-electron chi connectivity index (χ4n) is 5.01. The van der Waals surface area contributed by atoms with Crippen molar-refractivity contribution >= 4 is 28.8 Å². The lowest BCUT2D eigenvalue weighted by atomic mass is 9.83. The predicted molar refractivity (Wildman–Crippen MR) is 152 cm³/mol. The first kappa shape index (κ1) is 29.7. The second-order valence-corrected chi connectivity index (χ2v) is 11.8. The van der Waals surface area contributed by atoms with Crippen molar-refractivity contribution in [2.75, 3.05) is 22.1 Å². The molecule has 2 heterocycles. The van der Waals surface area contributed by atoms with E-state index in [2.05, 4.69) is 25.5 Å². The van der Waals surface area contributed by atoms with E-state index in [0.29, 0.717) is 35.1 Å². The molecular weight excluding hydrogens is 570 g/mol. The fraction of sp³-hybridized carbons (Fsp3) is 0.300. The number of rotatable bonds is 5. The minimum absolute atomic E-state index is 0.0611. The van der Waals surface area contributed by atoms with Crippen LogP contribution < -0.4 is 20.3 Å². The Morgan fingerprint density at radius 3 is 2.37 bits per heavy atom. The molecule has 2 amide bonds. The summed E-state index contributed by atoms with van der Waals surface area (Å²) >= 11 is 0. The van der Waals surface area contributed by atoms with E-state index in [1.165, 1.54) is 12.1 Å². The van der Waals surface area contributed by atoms with Crippen LogP contribution in [0.4, 0.5) is 45.1 Å². The Morgan fingerprint density at radius 2 is 1.74 bits per heavy atom. The van der Waals surface area contributed by atoms with Gasteiger partial charge < -0.3 is 29.9 Å². The third-order valence-electron chi connectivity index (χ3n) is 6.81. The molecule has 0 atom stereocenters. The monoisotopic (exact) mass is 599 g/mol. The van der Waals surface area contributed by atoms with Crippen LogP contribution in [0.5, 0.6) is 11.5 Å². The quantitative estimate of drug-likeness (QED) is 0.200. The number of alkyl halides is 3. The Balaban J connectivity index is 1.47. The highest BCUT2D eigenvalue weighted by Gasteiger charge is 2.43. The first-order valence-corrected chi connectivity index (χ1v) is 13.2. The average molecular weight is 600 g/mol. The molecule has 0 aliphatic carbocycles. The topological polar surface area (TPSA) is 113 Å². The van der Waals surface area contributed by atoms with Gasteiger partial charge in [-0.25, -0.2) is 9.18 Å². The van der Waals surface area contributed by atoms with E-state index in [1.807, 2.05) is 34.6 Å². The molecule has 3 aromatic carbocycles. The lowest BCUT2D eigenvalue weighted by molar-refractivity contribution is -0.274. The summed E-state index contributed by atoms with van der Waals surface area (Å²) in [6, 6.07) is 11.9. The van der Waals surface area contributed by atoms with E-state index in [1.54, 1.807) is 29.2 Å². The van der Waals surface area contributed by atoms with Gasteiger partial charge in [0, 0.05) is 34.7 Å². The van der Waals surface area contributed by atoms with Gasteiger partial charge in [0.05, 0.1) is 22.6 Å². The van der Waals surface area contributed by atoms with Gasteiger partial charge in [-0.15, -0.1) is 13.2 Å². The van der Waals surface area contributed by atoms with E-state index < -0.39 is 34.8 Å². The van der Waals surface area contributed by atoms with Crippen LogP contribution in [0.25, 0.3) is 11.4 Å². The summed E-state index contributed by atoms with van der Waals surface area (Å²) < 4.78 is 62.1. The van der Waals surface area contributed by atoms with Gasteiger partial charge in [-0.3, -0.25) is 0 Å². The van der Waals surface area contributed by atoms with Crippen LogP contribution in [0.3, 0.4) is 0 Å². The van der Waals surface area contributed by atoms with E-state index in [4.69, 9.17) is 4.52 Å². The number of ether oxygens (including phenoxy) is 1. The summed E-state index contributed by atoms with van der Waals surface area (Å²) in [6.07, 6.45) is -4.83. The Kier molecular flexibility index (Phi) is 7.23. The number of fused-ring (bicyclic) bond motifs is 1. The van der Waals surface area contributed by atoms with E-state index in [0.717, 1.165) is 18.2 Å². The predicted octanol–water partition coefficient (Wildman–Crippen LogP) is 7.85. The minimum Gasteiger partial charge on any atom is -0.506 e. The van der Waals surface area contributed by atoms with Crippen LogP contribution in [0.1, 0.15) is 46.1 Å². The third-order valence-corrected chi connectivity index (χ3v) is 6.81. The molecule has 0 radical (unpaired) electrons. The van der Waals surface area contributed by atoms with Gasteiger partial charge in [0.2, 0.25) is 11.7 Å². The normalized spacial score (nSPS) is 14.4. The number of nitrogens with one attached hydrogen (secondary N) is 2. The Morgan fingerprint density at radius 1 is 1.07 bits per heavy atom. The number of para-hydroxylation sites is 2. The summed E-state index contributed by atoms with van der Waals surface area (Å²) in [5.74, 6) is -1.04. The molecular formula is C30H29F4N5O4. The minimum atomic E-state index is -4.83. The number of hydrogen-bond acceptors (Lipinski definition) is 7. The van der Waals surface area contributed by atoms with Crippen molar-refractivity contribution < 1.29 is 36.7 Å². The lowest BCUT2D eigenvalue weighted by Crippen LogP contribution is -2.27. The number of phenolic OH excluding ortho intramolecular Hbond substituents is 1. The molecule has 4 aromatic rings. The second kappa shape index (κ2) is 10.5. The second-order valence-electron chi connectivity index (χ2n) is 11.8. The zero-order valence-electron chi connectivity index (χ0n) is 23.9. The van der Waals surface area contributed by atoms with Crippen molar-refractivity contribution in [2.45, 2.75) is 51.8 Å².